The van der Waals surface area contributed by atoms with Crippen molar-refractivity contribution in [3.8, 4) is 11.8 Å². The Bertz CT molecular complexity index is 757. The molecule has 0 aliphatic rings. The summed E-state index contributed by atoms with van der Waals surface area (Å²) in [5.74, 6) is 7.09. The van der Waals surface area contributed by atoms with E-state index in [0.29, 0.717) is 11.7 Å². The Morgan fingerprint density at radius 1 is 1.18 bits per heavy atom. The number of hydrogen-bond donors (Lipinski definition) is 2. The van der Waals surface area contributed by atoms with Gasteiger partial charge in [-0.05, 0) is 37.0 Å². The lowest BCUT2D eigenvalue weighted by molar-refractivity contribution is 0.839. The van der Waals surface area contributed by atoms with Gasteiger partial charge in [0.15, 0.2) is 0 Å². The second kappa shape index (κ2) is 6.71. The summed E-state index contributed by atoms with van der Waals surface area (Å²) < 4.78 is 0. The van der Waals surface area contributed by atoms with Crippen LogP contribution in [-0.4, -0.2) is 9.97 Å². The van der Waals surface area contributed by atoms with E-state index in [1.807, 2.05) is 6.92 Å². The molecule has 2 rings (SSSR count). The molecular weight excluding hydrogens is 292 g/mol. The highest BCUT2D eigenvalue weighted by Gasteiger charge is 2.13. The number of nitrogen functional groups attached to an aromatic ring is 2. The van der Waals surface area contributed by atoms with Crippen molar-refractivity contribution in [2.45, 2.75) is 43.4 Å². The molecular formula is C17H20N4S. The average Bonchev–Trinajstić information content (AvgIpc) is 2.45. The first-order valence-electron chi connectivity index (χ1n) is 7.05. The molecule has 0 amide bonds. The van der Waals surface area contributed by atoms with Crippen molar-refractivity contribution in [2.24, 2.45) is 0 Å². The van der Waals surface area contributed by atoms with E-state index in [9.17, 15) is 0 Å². The molecule has 0 aliphatic carbocycles. The third-order valence-electron chi connectivity index (χ3n) is 3.26. The highest BCUT2D eigenvalue weighted by Crippen LogP contribution is 2.37. The number of anilines is 2. The number of benzene rings is 1. The summed E-state index contributed by atoms with van der Waals surface area (Å²) in [6, 6.07) is 4.31. The SMILES string of the molecule is CC#Cc1cc(Sc2cnc(N)nc2N)c(C(C)C)cc1C. The van der Waals surface area contributed by atoms with Gasteiger partial charge in [0.25, 0.3) is 0 Å². The van der Waals surface area contributed by atoms with Gasteiger partial charge in [0.2, 0.25) is 5.95 Å². The van der Waals surface area contributed by atoms with Crippen LogP contribution in [0, 0.1) is 18.8 Å². The van der Waals surface area contributed by atoms with Gasteiger partial charge in [-0.3, -0.25) is 0 Å². The van der Waals surface area contributed by atoms with Crippen LogP contribution in [0.3, 0.4) is 0 Å². The van der Waals surface area contributed by atoms with Crippen LogP contribution in [-0.2, 0) is 0 Å². The first-order chi connectivity index (χ1) is 10.4. The van der Waals surface area contributed by atoms with Crippen molar-refractivity contribution in [1.82, 2.24) is 9.97 Å². The number of rotatable bonds is 3. The first-order valence-corrected chi connectivity index (χ1v) is 7.87. The molecule has 1 aromatic carbocycles. The number of hydrogen-bond acceptors (Lipinski definition) is 5. The minimum atomic E-state index is 0.187. The van der Waals surface area contributed by atoms with Gasteiger partial charge in [0, 0.05) is 16.7 Å². The Balaban J connectivity index is 2.51. The fourth-order valence-corrected chi connectivity index (χ4v) is 3.20. The van der Waals surface area contributed by atoms with Gasteiger partial charge in [0.05, 0.1) is 4.90 Å². The van der Waals surface area contributed by atoms with Gasteiger partial charge in [-0.1, -0.05) is 37.6 Å². The third-order valence-corrected chi connectivity index (χ3v) is 4.37. The van der Waals surface area contributed by atoms with Crippen molar-refractivity contribution in [2.75, 3.05) is 11.5 Å². The Kier molecular flexibility index (Phi) is 4.94. The van der Waals surface area contributed by atoms with Crippen LogP contribution in [0.1, 0.15) is 43.4 Å². The monoisotopic (exact) mass is 312 g/mol. The molecule has 0 atom stereocenters. The standard InChI is InChI=1S/C17H20N4S/c1-5-6-12-8-14(13(10(2)3)7-11(12)4)22-15-9-20-17(19)21-16(15)18/h7-10H,1-4H3,(H4,18,19,20,21). The predicted molar refractivity (Wildman–Crippen MR) is 92.8 cm³/mol. The minimum Gasteiger partial charge on any atom is -0.383 e. The summed E-state index contributed by atoms with van der Waals surface area (Å²) in [7, 11) is 0. The molecule has 2 aromatic rings. The van der Waals surface area contributed by atoms with Crippen LogP contribution in [0.2, 0.25) is 0 Å². The molecule has 0 aliphatic heterocycles. The largest absolute Gasteiger partial charge is 0.383 e. The smallest absolute Gasteiger partial charge is 0.221 e. The molecule has 1 aromatic heterocycles. The van der Waals surface area contributed by atoms with E-state index >= 15 is 0 Å². The highest BCUT2D eigenvalue weighted by atomic mass is 32.2. The summed E-state index contributed by atoms with van der Waals surface area (Å²) in [5.41, 5.74) is 15.0. The molecule has 0 bridgehead atoms. The highest BCUT2D eigenvalue weighted by molar-refractivity contribution is 7.99. The zero-order valence-corrected chi connectivity index (χ0v) is 14.1. The second-order valence-corrected chi connectivity index (χ2v) is 6.40. The van der Waals surface area contributed by atoms with Crippen LogP contribution in [0.15, 0.2) is 28.1 Å². The topological polar surface area (TPSA) is 77.8 Å². The van der Waals surface area contributed by atoms with Gasteiger partial charge in [0.1, 0.15) is 5.82 Å². The molecule has 0 radical (unpaired) electrons. The van der Waals surface area contributed by atoms with E-state index in [4.69, 9.17) is 11.5 Å². The molecule has 4 nitrogen and oxygen atoms in total. The molecule has 0 saturated carbocycles. The van der Waals surface area contributed by atoms with Crippen molar-refractivity contribution in [3.63, 3.8) is 0 Å². The molecule has 0 unspecified atom stereocenters. The fraction of sp³-hybridized carbons (Fsp3) is 0.294. The van der Waals surface area contributed by atoms with E-state index in [0.717, 1.165) is 15.4 Å². The van der Waals surface area contributed by atoms with E-state index in [2.05, 4.69) is 54.7 Å². The maximum Gasteiger partial charge on any atom is 0.221 e. The lowest BCUT2D eigenvalue weighted by Crippen LogP contribution is -2.01. The van der Waals surface area contributed by atoms with Gasteiger partial charge in [-0.15, -0.1) is 5.92 Å². The molecule has 4 N–H and O–H groups in total. The summed E-state index contributed by atoms with van der Waals surface area (Å²) in [6.07, 6.45) is 1.66. The minimum absolute atomic E-state index is 0.187. The van der Waals surface area contributed by atoms with Crippen molar-refractivity contribution in [1.29, 1.82) is 0 Å². The Morgan fingerprint density at radius 2 is 1.91 bits per heavy atom. The average molecular weight is 312 g/mol. The van der Waals surface area contributed by atoms with E-state index in [-0.39, 0.29) is 5.95 Å². The number of aryl methyl sites for hydroxylation is 1. The van der Waals surface area contributed by atoms with Crippen molar-refractivity contribution >= 4 is 23.5 Å². The van der Waals surface area contributed by atoms with Gasteiger partial charge >= 0.3 is 0 Å². The number of nitrogens with zero attached hydrogens (tertiary/aromatic N) is 2. The van der Waals surface area contributed by atoms with Crippen LogP contribution in [0.25, 0.3) is 0 Å². The zero-order chi connectivity index (χ0) is 16.3. The Labute approximate surface area is 135 Å². The normalized spacial score (nSPS) is 10.4. The molecule has 0 fully saturated rings. The summed E-state index contributed by atoms with van der Waals surface area (Å²) in [5, 5.41) is 0. The quantitative estimate of drug-likeness (QED) is 0.847. The predicted octanol–water partition coefficient (Wildman–Crippen LogP) is 3.60. The van der Waals surface area contributed by atoms with Crippen LogP contribution in [0.5, 0.6) is 0 Å². The molecule has 1 heterocycles. The Hall–Kier alpha value is -2.19. The molecule has 0 spiro atoms. The van der Waals surface area contributed by atoms with Crippen LogP contribution >= 0.6 is 11.8 Å². The van der Waals surface area contributed by atoms with Crippen LogP contribution < -0.4 is 11.5 Å². The van der Waals surface area contributed by atoms with E-state index < -0.39 is 0 Å². The first kappa shape index (κ1) is 16.2. The Morgan fingerprint density at radius 3 is 2.50 bits per heavy atom. The zero-order valence-electron chi connectivity index (χ0n) is 13.3. The number of nitrogens with two attached hydrogens (primary N) is 2. The summed E-state index contributed by atoms with van der Waals surface area (Å²) in [4.78, 5) is 9.97. The second-order valence-electron chi connectivity index (χ2n) is 5.31. The molecule has 0 saturated heterocycles. The molecule has 5 heteroatoms. The maximum absolute atomic E-state index is 5.94. The van der Waals surface area contributed by atoms with Gasteiger partial charge < -0.3 is 11.5 Å². The number of aromatic nitrogens is 2. The maximum atomic E-state index is 5.94. The van der Waals surface area contributed by atoms with E-state index in [1.54, 1.807) is 18.0 Å². The van der Waals surface area contributed by atoms with Crippen molar-refractivity contribution in [3.05, 3.63) is 35.0 Å². The fourth-order valence-electron chi connectivity index (χ4n) is 2.11. The van der Waals surface area contributed by atoms with E-state index in [1.165, 1.54) is 11.1 Å². The summed E-state index contributed by atoms with van der Waals surface area (Å²) >= 11 is 1.55. The van der Waals surface area contributed by atoms with Crippen molar-refractivity contribution < 1.29 is 0 Å². The van der Waals surface area contributed by atoms with Crippen LogP contribution in [0.4, 0.5) is 11.8 Å². The third kappa shape index (κ3) is 3.52. The van der Waals surface area contributed by atoms with Gasteiger partial charge in [-0.2, -0.15) is 4.98 Å². The van der Waals surface area contributed by atoms with Gasteiger partial charge in [-0.25, -0.2) is 4.98 Å². The summed E-state index contributed by atoms with van der Waals surface area (Å²) in [6.45, 7) is 8.27. The lowest BCUT2D eigenvalue weighted by Gasteiger charge is -2.15. The molecule has 114 valence electrons. The lowest BCUT2D eigenvalue weighted by atomic mass is 9.98. The molecule has 22 heavy (non-hydrogen) atoms.